The van der Waals surface area contributed by atoms with E-state index in [4.69, 9.17) is 39.5 Å². The number of hydrogen-bond acceptors (Lipinski definition) is 1. The van der Waals surface area contributed by atoms with Crippen LogP contribution in [0.1, 0.15) is 11.1 Å². The molecule has 2 aromatic rings. The van der Waals surface area contributed by atoms with Crippen LogP contribution in [0.15, 0.2) is 46.9 Å². The SMILES string of the molecule is COc1ccc(Cc2cc(Br)ccc2Cl)cc1.ClCCl. The number of methoxy groups -OCH3 is 1. The molecule has 0 saturated carbocycles. The number of rotatable bonds is 3. The van der Waals surface area contributed by atoms with Crippen LogP contribution < -0.4 is 4.74 Å². The predicted octanol–water partition coefficient (Wildman–Crippen LogP) is 6.12. The monoisotopic (exact) mass is 394 g/mol. The Labute approximate surface area is 142 Å². The Kier molecular flexibility index (Phi) is 8.39. The van der Waals surface area contributed by atoms with Gasteiger partial charge in [0.2, 0.25) is 0 Å². The molecule has 108 valence electrons. The van der Waals surface area contributed by atoms with E-state index in [2.05, 4.69) is 28.1 Å². The zero-order valence-electron chi connectivity index (χ0n) is 10.9. The van der Waals surface area contributed by atoms with Gasteiger partial charge in [-0.15, -0.1) is 23.2 Å². The molecule has 0 spiro atoms. The Bertz CT molecular complexity index is 529. The first-order valence-corrected chi connectivity index (χ1v) is 8.03. The maximum absolute atomic E-state index is 6.16. The minimum atomic E-state index is 0.194. The first-order chi connectivity index (χ1) is 9.60. The van der Waals surface area contributed by atoms with Crippen molar-refractivity contribution in [3.8, 4) is 5.75 Å². The molecule has 0 aliphatic carbocycles. The van der Waals surface area contributed by atoms with E-state index in [1.54, 1.807) is 7.11 Å². The second-order valence-corrected chi connectivity index (χ2v) is 5.99. The highest BCUT2D eigenvalue weighted by Crippen LogP contribution is 2.24. The van der Waals surface area contributed by atoms with Crippen LogP contribution >= 0.6 is 50.7 Å². The first kappa shape index (κ1) is 17.6. The van der Waals surface area contributed by atoms with Gasteiger partial charge in [0.25, 0.3) is 0 Å². The van der Waals surface area contributed by atoms with Crippen LogP contribution in [0.3, 0.4) is 0 Å². The molecular weight excluding hydrogens is 382 g/mol. The van der Waals surface area contributed by atoms with Crippen LogP contribution in [0, 0.1) is 0 Å². The van der Waals surface area contributed by atoms with Gasteiger partial charge in [0.1, 0.15) is 5.75 Å². The maximum atomic E-state index is 6.16. The lowest BCUT2D eigenvalue weighted by molar-refractivity contribution is 0.414. The fourth-order valence-electron chi connectivity index (χ4n) is 1.64. The molecule has 1 nitrogen and oxygen atoms in total. The van der Waals surface area contributed by atoms with Gasteiger partial charge in [0.05, 0.1) is 12.4 Å². The van der Waals surface area contributed by atoms with Crippen molar-refractivity contribution in [1.29, 1.82) is 0 Å². The van der Waals surface area contributed by atoms with Crippen molar-refractivity contribution in [2.75, 3.05) is 12.4 Å². The van der Waals surface area contributed by atoms with Gasteiger partial charge in [-0.2, -0.15) is 0 Å². The predicted molar refractivity (Wildman–Crippen MR) is 91.5 cm³/mol. The zero-order valence-corrected chi connectivity index (χ0v) is 14.7. The van der Waals surface area contributed by atoms with E-state index in [9.17, 15) is 0 Å². The highest BCUT2D eigenvalue weighted by atomic mass is 79.9. The molecule has 0 unspecified atom stereocenters. The Morgan fingerprint density at radius 3 is 2.20 bits per heavy atom. The van der Waals surface area contributed by atoms with Gasteiger partial charge in [-0.3, -0.25) is 0 Å². The second-order valence-electron chi connectivity index (χ2n) is 3.86. The molecule has 2 aromatic carbocycles. The van der Waals surface area contributed by atoms with Gasteiger partial charge in [0.15, 0.2) is 0 Å². The smallest absolute Gasteiger partial charge is 0.118 e. The molecule has 0 N–H and O–H groups in total. The molecule has 5 heteroatoms. The summed E-state index contributed by atoms with van der Waals surface area (Å²) in [6, 6.07) is 13.9. The molecule has 0 heterocycles. The lowest BCUT2D eigenvalue weighted by atomic mass is 10.1. The minimum absolute atomic E-state index is 0.194. The van der Waals surface area contributed by atoms with E-state index in [0.717, 1.165) is 27.2 Å². The van der Waals surface area contributed by atoms with Crippen molar-refractivity contribution in [3.63, 3.8) is 0 Å². The zero-order chi connectivity index (χ0) is 15.0. The lowest BCUT2D eigenvalue weighted by Crippen LogP contribution is -1.90. The quantitative estimate of drug-likeness (QED) is 0.568. The van der Waals surface area contributed by atoms with E-state index < -0.39 is 0 Å². The average molecular weight is 397 g/mol. The summed E-state index contributed by atoms with van der Waals surface area (Å²) in [6.07, 6.45) is 0.822. The molecule has 0 aliphatic rings. The summed E-state index contributed by atoms with van der Waals surface area (Å²) in [5.74, 6) is 0.870. The number of ether oxygens (including phenoxy) is 1. The van der Waals surface area contributed by atoms with Crippen LogP contribution in [-0.4, -0.2) is 12.4 Å². The fourth-order valence-corrected chi connectivity index (χ4v) is 2.23. The van der Waals surface area contributed by atoms with Gasteiger partial charge >= 0.3 is 0 Å². The molecule has 0 atom stereocenters. The molecule has 0 fully saturated rings. The third kappa shape index (κ3) is 5.92. The topological polar surface area (TPSA) is 9.23 Å². The second kappa shape index (κ2) is 9.51. The Balaban J connectivity index is 0.000000612. The van der Waals surface area contributed by atoms with Crippen molar-refractivity contribution in [2.24, 2.45) is 0 Å². The van der Waals surface area contributed by atoms with Crippen molar-refractivity contribution >= 4 is 50.7 Å². The summed E-state index contributed by atoms with van der Waals surface area (Å²) >= 11 is 19.1. The summed E-state index contributed by atoms with van der Waals surface area (Å²) in [4.78, 5) is 0. The molecule has 0 saturated heterocycles. The largest absolute Gasteiger partial charge is 0.497 e. The Morgan fingerprint density at radius 1 is 1.05 bits per heavy atom. The standard InChI is InChI=1S/C14H12BrClO.CH2Cl2/c1-17-13-5-2-10(3-6-13)8-11-9-12(15)4-7-14(11)16;2-1-3/h2-7,9H,8H2,1H3;1H2. The summed E-state index contributed by atoms with van der Waals surface area (Å²) in [5.41, 5.74) is 2.33. The minimum Gasteiger partial charge on any atom is -0.497 e. The number of benzene rings is 2. The van der Waals surface area contributed by atoms with E-state index in [0.29, 0.717) is 0 Å². The van der Waals surface area contributed by atoms with E-state index in [-0.39, 0.29) is 5.34 Å². The summed E-state index contributed by atoms with van der Waals surface area (Å²) in [6.45, 7) is 0. The van der Waals surface area contributed by atoms with Crippen molar-refractivity contribution in [2.45, 2.75) is 6.42 Å². The Hall–Kier alpha value is -0.410. The van der Waals surface area contributed by atoms with E-state index in [1.807, 2.05) is 30.3 Å². The summed E-state index contributed by atoms with van der Waals surface area (Å²) in [5, 5.41) is 0.990. The van der Waals surface area contributed by atoms with Crippen LogP contribution in [0.5, 0.6) is 5.75 Å². The molecule has 0 bridgehead atoms. The molecule has 0 aromatic heterocycles. The van der Waals surface area contributed by atoms with Gasteiger partial charge < -0.3 is 4.74 Å². The fraction of sp³-hybridized carbons (Fsp3) is 0.200. The molecule has 20 heavy (non-hydrogen) atoms. The molecule has 0 amide bonds. The van der Waals surface area contributed by atoms with Crippen LogP contribution in [0.4, 0.5) is 0 Å². The van der Waals surface area contributed by atoms with Crippen LogP contribution in [-0.2, 0) is 6.42 Å². The lowest BCUT2D eigenvalue weighted by Gasteiger charge is -2.06. The van der Waals surface area contributed by atoms with Gasteiger partial charge in [-0.05, 0) is 47.9 Å². The highest BCUT2D eigenvalue weighted by molar-refractivity contribution is 9.10. The van der Waals surface area contributed by atoms with E-state index in [1.165, 1.54) is 5.56 Å². The summed E-state index contributed by atoms with van der Waals surface area (Å²) < 4.78 is 6.18. The molecule has 0 aliphatic heterocycles. The van der Waals surface area contributed by atoms with Gasteiger partial charge in [-0.25, -0.2) is 0 Å². The third-order valence-corrected chi connectivity index (χ3v) is 3.42. The summed E-state index contributed by atoms with van der Waals surface area (Å²) in [7, 11) is 1.67. The van der Waals surface area contributed by atoms with E-state index >= 15 is 0 Å². The van der Waals surface area contributed by atoms with Crippen molar-refractivity contribution in [3.05, 3.63) is 63.1 Å². The highest BCUT2D eigenvalue weighted by Gasteiger charge is 2.03. The first-order valence-electron chi connectivity index (χ1n) is 5.79. The van der Waals surface area contributed by atoms with Crippen LogP contribution in [0.25, 0.3) is 0 Å². The molecular formula is C15H14BrCl3O. The number of halogens is 4. The number of alkyl halides is 2. The van der Waals surface area contributed by atoms with Gasteiger partial charge in [0, 0.05) is 9.50 Å². The molecule has 0 radical (unpaired) electrons. The third-order valence-electron chi connectivity index (χ3n) is 2.56. The number of hydrogen-bond donors (Lipinski definition) is 0. The van der Waals surface area contributed by atoms with Crippen LogP contribution in [0.2, 0.25) is 5.02 Å². The maximum Gasteiger partial charge on any atom is 0.118 e. The average Bonchev–Trinajstić information content (AvgIpc) is 2.45. The Morgan fingerprint density at radius 2 is 1.65 bits per heavy atom. The van der Waals surface area contributed by atoms with Crippen molar-refractivity contribution in [1.82, 2.24) is 0 Å². The van der Waals surface area contributed by atoms with Gasteiger partial charge in [-0.1, -0.05) is 39.7 Å². The van der Waals surface area contributed by atoms with Crippen molar-refractivity contribution < 1.29 is 4.74 Å². The molecule has 2 rings (SSSR count). The normalized spacial score (nSPS) is 9.65.